The third-order valence-electron chi connectivity index (χ3n) is 10.2. The first-order valence-corrected chi connectivity index (χ1v) is 17.5. The summed E-state index contributed by atoms with van der Waals surface area (Å²) >= 11 is 0. The average molecular weight is 658 g/mol. The van der Waals surface area contributed by atoms with Gasteiger partial charge in [-0.25, -0.2) is 19.7 Å². The van der Waals surface area contributed by atoms with Crippen molar-refractivity contribution in [3.63, 3.8) is 0 Å². The molecule has 5 N–H and O–H groups in total. The number of ether oxygens (including phenoxy) is 1. The number of H-pyrrole nitrogens is 2. The van der Waals surface area contributed by atoms with E-state index in [1.54, 1.807) is 0 Å². The van der Waals surface area contributed by atoms with Crippen molar-refractivity contribution in [3.05, 3.63) is 78.4 Å². The minimum Gasteiger partial charge on any atom is -0.444 e. The summed E-state index contributed by atoms with van der Waals surface area (Å²) in [7, 11) is 0. The lowest BCUT2D eigenvalue weighted by Gasteiger charge is -2.24. The van der Waals surface area contributed by atoms with E-state index >= 15 is 0 Å². The minimum atomic E-state index is -0.516. The molecule has 0 aliphatic heterocycles. The lowest BCUT2D eigenvalue weighted by Crippen LogP contribution is -2.40. The summed E-state index contributed by atoms with van der Waals surface area (Å²) < 4.78 is 5.41. The first-order valence-electron chi connectivity index (χ1n) is 17.5. The maximum absolute atomic E-state index is 12.2. The quantitative estimate of drug-likeness (QED) is 0.117. The molecule has 1 aliphatic rings. The highest BCUT2D eigenvalue weighted by Gasteiger charge is 2.42. The van der Waals surface area contributed by atoms with Crippen LogP contribution in [0.4, 0.5) is 4.79 Å². The summed E-state index contributed by atoms with van der Waals surface area (Å²) in [5.74, 6) is 3.47. The van der Waals surface area contributed by atoms with Gasteiger partial charge in [-0.2, -0.15) is 0 Å². The van der Waals surface area contributed by atoms with Crippen molar-refractivity contribution in [1.82, 2.24) is 30.2 Å². The molecule has 1 saturated carbocycles. The maximum atomic E-state index is 12.2. The van der Waals surface area contributed by atoms with Gasteiger partial charge in [0.15, 0.2) is 0 Å². The average Bonchev–Trinajstić information content (AvgIpc) is 3.39. The summed E-state index contributed by atoms with van der Waals surface area (Å²) in [4.78, 5) is 33.9. The van der Waals surface area contributed by atoms with E-state index in [2.05, 4.69) is 89.8 Å². The highest BCUT2D eigenvalue weighted by molar-refractivity contribution is 5.89. The lowest BCUT2D eigenvalue weighted by atomic mass is 9.98. The number of benzene rings is 3. The van der Waals surface area contributed by atoms with E-state index in [0.717, 1.165) is 92.7 Å². The van der Waals surface area contributed by atoms with Gasteiger partial charge in [-0.05, 0) is 112 Å². The molecule has 0 radical (unpaired) electrons. The normalized spacial score (nSPS) is 19.0. The van der Waals surface area contributed by atoms with Gasteiger partial charge in [0.05, 0.1) is 33.3 Å². The summed E-state index contributed by atoms with van der Waals surface area (Å²) in [6, 6.07) is 23.7. The molecule has 0 spiro atoms. The molecular formula is C40H47N7O2. The Hall–Kier alpha value is -4.76. The molecule has 0 bridgehead atoms. The smallest absolute Gasteiger partial charge is 0.407 e. The van der Waals surface area contributed by atoms with E-state index < -0.39 is 5.60 Å². The topological polar surface area (TPSA) is 135 Å². The first kappa shape index (κ1) is 32.8. The van der Waals surface area contributed by atoms with Crippen molar-refractivity contribution in [2.45, 2.75) is 84.9 Å². The van der Waals surface area contributed by atoms with Crippen molar-refractivity contribution >= 4 is 39.1 Å². The molecule has 5 atom stereocenters. The molecule has 0 saturated heterocycles. The van der Waals surface area contributed by atoms with Crippen LogP contribution < -0.4 is 11.1 Å². The number of carbonyl (C=O) groups is 1. The zero-order valence-electron chi connectivity index (χ0n) is 29.3. The van der Waals surface area contributed by atoms with E-state index in [1.165, 1.54) is 0 Å². The Morgan fingerprint density at radius 3 is 2.08 bits per heavy atom. The molecule has 3 heterocycles. The Morgan fingerprint density at radius 2 is 1.43 bits per heavy atom. The Labute approximate surface area is 287 Å². The number of aryl methyl sites for hydroxylation is 2. The zero-order valence-corrected chi connectivity index (χ0v) is 29.3. The fourth-order valence-corrected chi connectivity index (χ4v) is 6.75. The maximum Gasteiger partial charge on any atom is 0.407 e. The predicted octanol–water partition coefficient (Wildman–Crippen LogP) is 8.33. The zero-order chi connectivity index (χ0) is 34.4. The number of nitrogens with zero attached hydrogens (tertiary/aromatic N) is 3. The van der Waals surface area contributed by atoms with E-state index in [4.69, 9.17) is 25.4 Å². The van der Waals surface area contributed by atoms with Crippen LogP contribution in [0.25, 0.3) is 55.4 Å². The van der Waals surface area contributed by atoms with Crippen LogP contribution in [0, 0.1) is 17.8 Å². The van der Waals surface area contributed by atoms with Gasteiger partial charge >= 0.3 is 6.09 Å². The van der Waals surface area contributed by atoms with Crippen LogP contribution in [0.15, 0.2) is 66.7 Å². The number of hydrogen-bond donors (Lipinski definition) is 4. The van der Waals surface area contributed by atoms with E-state index in [1.807, 2.05) is 33.8 Å². The van der Waals surface area contributed by atoms with E-state index in [9.17, 15) is 4.79 Å². The Morgan fingerprint density at radius 1 is 0.837 bits per heavy atom. The molecule has 3 aromatic heterocycles. The van der Waals surface area contributed by atoms with Gasteiger partial charge in [0, 0.05) is 35.9 Å². The Bertz CT molecular complexity index is 2130. The standard InChI is InChI=1S/C40H47N7O2/c1-22(24(3)42-39(48)49-40(4,5)6)7-17-36-44-33-16-11-28(21-35(33)47-36)31-14-10-27-19-25(8-13-30(27)43-31)26-9-15-32-34(20-26)46-37(45-32)18-12-29-23(2)38(29)41/h8-11,13-16,19-24,29,38H,7,12,17-18,41H2,1-6H3,(H,42,48)(H,44,47)(H,45,46)/t22?,23-,24-,29?,38?/m1/s1. The minimum absolute atomic E-state index is 0.0136. The van der Waals surface area contributed by atoms with Crippen molar-refractivity contribution in [2.75, 3.05) is 0 Å². The largest absolute Gasteiger partial charge is 0.444 e. The van der Waals surface area contributed by atoms with Gasteiger partial charge < -0.3 is 25.8 Å². The number of imidazole rings is 2. The molecule has 1 aliphatic carbocycles. The second-order valence-corrected chi connectivity index (χ2v) is 15.0. The molecular weight excluding hydrogens is 610 g/mol. The van der Waals surface area contributed by atoms with Gasteiger partial charge in [-0.15, -0.1) is 0 Å². The molecule has 49 heavy (non-hydrogen) atoms. The third kappa shape index (κ3) is 7.32. The number of rotatable bonds is 10. The number of alkyl carbamates (subject to hydrolysis) is 1. The van der Waals surface area contributed by atoms with Crippen LogP contribution in [0.5, 0.6) is 0 Å². The predicted molar refractivity (Wildman–Crippen MR) is 197 cm³/mol. The number of nitrogens with one attached hydrogen (secondary N) is 3. The molecule has 1 amide bonds. The molecule has 1 fully saturated rings. The van der Waals surface area contributed by atoms with Gasteiger partial charge in [0.2, 0.25) is 0 Å². The second kappa shape index (κ2) is 12.9. The molecule has 7 rings (SSSR count). The molecule has 254 valence electrons. The van der Waals surface area contributed by atoms with Crippen LogP contribution in [-0.2, 0) is 17.6 Å². The number of fused-ring (bicyclic) bond motifs is 3. The second-order valence-electron chi connectivity index (χ2n) is 15.0. The third-order valence-corrected chi connectivity index (χ3v) is 10.2. The first-order chi connectivity index (χ1) is 23.4. The van der Waals surface area contributed by atoms with Crippen LogP contribution >= 0.6 is 0 Å². The number of aromatic nitrogens is 5. The van der Waals surface area contributed by atoms with Crippen molar-refractivity contribution < 1.29 is 9.53 Å². The fourth-order valence-electron chi connectivity index (χ4n) is 6.75. The Balaban J connectivity index is 1.01. The van der Waals surface area contributed by atoms with Gasteiger partial charge in [-0.3, -0.25) is 0 Å². The van der Waals surface area contributed by atoms with E-state index in [-0.39, 0.29) is 18.1 Å². The summed E-state index contributed by atoms with van der Waals surface area (Å²) in [6.07, 6.45) is 3.30. The van der Waals surface area contributed by atoms with Gasteiger partial charge in [0.1, 0.15) is 17.2 Å². The fraction of sp³-hybridized carbons (Fsp3) is 0.400. The van der Waals surface area contributed by atoms with Crippen molar-refractivity contribution in [1.29, 1.82) is 0 Å². The van der Waals surface area contributed by atoms with Crippen molar-refractivity contribution in [3.8, 4) is 22.4 Å². The molecule has 9 heteroatoms. The molecule has 3 aromatic carbocycles. The number of aromatic amines is 2. The number of carbonyl (C=O) groups excluding carboxylic acids is 1. The summed E-state index contributed by atoms with van der Waals surface area (Å²) in [5, 5.41) is 4.05. The van der Waals surface area contributed by atoms with Crippen LogP contribution in [-0.4, -0.2) is 48.7 Å². The number of nitrogens with two attached hydrogens (primary N) is 1. The SMILES string of the molecule is CC(CCc1nc2ccc(-c3ccc4cc(-c5ccc6nc(CCC7C(N)[C@@H]7C)[nH]c6c5)ccc4n3)cc2[nH]1)[C@@H](C)NC(=O)OC(C)(C)C. The molecule has 6 aromatic rings. The highest BCUT2D eigenvalue weighted by atomic mass is 16.6. The van der Waals surface area contributed by atoms with Crippen LogP contribution in [0.1, 0.15) is 66.0 Å². The van der Waals surface area contributed by atoms with Crippen molar-refractivity contribution in [2.24, 2.45) is 23.5 Å². The molecule has 3 unspecified atom stereocenters. The summed E-state index contributed by atoms with van der Waals surface area (Å²) in [5.41, 5.74) is 14.8. The van der Waals surface area contributed by atoms with Crippen LogP contribution in [0.2, 0.25) is 0 Å². The monoisotopic (exact) mass is 657 g/mol. The van der Waals surface area contributed by atoms with E-state index in [0.29, 0.717) is 17.9 Å². The Kier molecular flexibility index (Phi) is 8.65. The van der Waals surface area contributed by atoms with Crippen LogP contribution in [0.3, 0.4) is 0 Å². The van der Waals surface area contributed by atoms with Gasteiger partial charge in [0.25, 0.3) is 0 Å². The molecule has 9 nitrogen and oxygen atoms in total. The number of hydrogen-bond acceptors (Lipinski definition) is 6. The number of amides is 1. The van der Waals surface area contributed by atoms with Gasteiger partial charge in [-0.1, -0.05) is 38.1 Å². The highest BCUT2D eigenvalue weighted by Crippen LogP contribution is 2.40. The number of pyridine rings is 1. The lowest BCUT2D eigenvalue weighted by molar-refractivity contribution is 0.0493. The summed E-state index contributed by atoms with van der Waals surface area (Å²) in [6.45, 7) is 12.0.